The summed E-state index contributed by atoms with van der Waals surface area (Å²) in [6.45, 7) is 1.22. The van der Waals surface area contributed by atoms with E-state index in [1.807, 2.05) is 0 Å². The van der Waals surface area contributed by atoms with E-state index in [4.69, 9.17) is 0 Å². The van der Waals surface area contributed by atoms with Crippen molar-refractivity contribution in [2.45, 2.75) is 19.8 Å². The van der Waals surface area contributed by atoms with Crippen molar-refractivity contribution < 1.29 is 18.4 Å². The Bertz CT molecular complexity index is 146. The summed E-state index contributed by atoms with van der Waals surface area (Å²) in [5.41, 5.74) is 0. The Hall–Kier alpha value is -0.800. The molecule has 0 N–H and O–H groups in total. The predicted octanol–water partition coefficient (Wildman–Crippen LogP) is 0.800. The zero-order valence-electron chi connectivity index (χ0n) is 5.07. The Morgan fingerprint density at radius 3 is 1.67 bits per heavy atom. The number of carbonyl (C=O) groups is 2. The van der Waals surface area contributed by atoms with Gasteiger partial charge < -0.3 is 0 Å². The molecular formula is C5H6F2O2. The van der Waals surface area contributed by atoms with Crippen LogP contribution in [0.15, 0.2) is 0 Å². The van der Waals surface area contributed by atoms with E-state index in [1.54, 1.807) is 0 Å². The number of Topliss-reactive ketones (excluding diaryl/α,β-unsaturated/α-hetero) is 2. The molecule has 4 heteroatoms. The molecule has 0 fully saturated rings. The third-order valence-corrected chi connectivity index (χ3v) is 0.718. The highest BCUT2D eigenvalue weighted by Crippen LogP contribution is 2.12. The van der Waals surface area contributed by atoms with Gasteiger partial charge in [0.15, 0.2) is 0 Å². The number of hydrogen-bond donors (Lipinski definition) is 0. The molecular weight excluding hydrogens is 130 g/mol. The summed E-state index contributed by atoms with van der Waals surface area (Å²) in [7, 11) is 0. The second-order valence-electron chi connectivity index (χ2n) is 1.77. The van der Waals surface area contributed by atoms with Crippen molar-refractivity contribution in [3.8, 4) is 0 Å². The second-order valence-corrected chi connectivity index (χ2v) is 1.77. The van der Waals surface area contributed by atoms with Crippen molar-refractivity contribution in [1.82, 2.24) is 0 Å². The first-order chi connectivity index (χ1) is 3.85. The van der Waals surface area contributed by atoms with Gasteiger partial charge in [-0.15, -0.1) is 0 Å². The van der Waals surface area contributed by atoms with Crippen LogP contribution in [0, 0.1) is 0 Å². The van der Waals surface area contributed by atoms with Gasteiger partial charge in [0.25, 0.3) is 5.78 Å². The van der Waals surface area contributed by atoms with Crippen molar-refractivity contribution >= 4 is 11.6 Å². The molecule has 0 saturated carbocycles. The van der Waals surface area contributed by atoms with Crippen molar-refractivity contribution in [1.29, 1.82) is 0 Å². The summed E-state index contributed by atoms with van der Waals surface area (Å²) in [6.07, 6.45) is 0. The molecule has 0 atom stereocenters. The van der Waals surface area contributed by atoms with Gasteiger partial charge in [0.1, 0.15) is 0 Å². The average Bonchev–Trinajstić information content (AvgIpc) is 1.62. The molecule has 2 nitrogen and oxygen atoms in total. The fourth-order valence-corrected chi connectivity index (χ4v) is 0.309. The lowest BCUT2D eigenvalue weighted by Crippen LogP contribution is -2.30. The van der Waals surface area contributed by atoms with Crippen LogP contribution >= 0.6 is 0 Å². The molecule has 0 aliphatic rings. The first kappa shape index (κ1) is 8.20. The van der Waals surface area contributed by atoms with E-state index in [2.05, 4.69) is 0 Å². The first-order valence-electron chi connectivity index (χ1n) is 2.29. The largest absolute Gasteiger partial charge is 0.310 e. The Morgan fingerprint density at radius 1 is 1.33 bits per heavy atom. The summed E-state index contributed by atoms with van der Waals surface area (Å²) in [6, 6.07) is 0. The van der Waals surface area contributed by atoms with Gasteiger partial charge in [-0.3, -0.25) is 9.59 Å². The SMILES string of the molecule is CC(=O)C(=O)C(C)(F)F. The van der Waals surface area contributed by atoms with Crippen LogP contribution in [0.25, 0.3) is 0 Å². The first-order valence-corrected chi connectivity index (χ1v) is 2.29. The third kappa shape index (κ3) is 2.30. The molecule has 0 bridgehead atoms. The van der Waals surface area contributed by atoms with Crippen LogP contribution in [0.1, 0.15) is 13.8 Å². The maximum absolute atomic E-state index is 11.8. The topological polar surface area (TPSA) is 34.1 Å². The zero-order chi connectivity index (χ0) is 7.65. The fourth-order valence-electron chi connectivity index (χ4n) is 0.309. The van der Waals surface area contributed by atoms with Gasteiger partial charge in [0, 0.05) is 13.8 Å². The van der Waals surface area contributed by atoms with E-state index in [1.165, 1.54) is 0 Å². The molecule has 0 rings (SSSR count). The van der Waals surface area contributed by atoms with Gasteiger partial charge >= 0.3 is 5.92 Å². The molecule has 0 saturated heterocycles. The summed E-state index contributed by atoms with van der Waals surface area (Å²) in [4.78, 5) is 20.0. The van der Waals surface area contributed by atoms with Crippen molar-refractivity contribution in [3.05, 3.63) is 0 Å². The molecule has 0 aromatic rings. The van der Waals surface area contributed by atoms with Crippen LogP contribution in [-0.4, -0.2) is 17.5 Å². The number of hydrogen-bond acceptors (Lipinski definition) is 2. The Balaban J connectivity index is 4.23. The van der Waals surface area contributed by atoms with Crippen molar-refractivity contribution in [3.63, 3.8) is 0 Å². The fraction of sp³-hybridized carbons (Fsp3) is 0.600. The lowest BCUT2D eigenvalue weighted by molar-refractivity contribution is -0.149. The number of rotatable bonds is 2. The molecule has 0 aliphatic carbocycles. The Morgan fingerprint density at radius 2 is 1.67 bits per heavy atom. The second kappa shape index (κ2) is 2.21. The van der Waals surface area contributed by atoms with Crippen molar-refractivity contribution in [2.24, 2.45) is 0 Å². The monoisotopic (exact) mass is 136 g/mol. The van der Waals surface area contributed by atoms with Crippen molar-refractivity contribution in [2.75, 3.05) is 0 Å². The van der Waals surface area contributed by atoms with E-state index in [9.17, 15) is 18.4 Å². The minimum Gasteiger partial charge on any atom is -0.291 e. The summed E-state index contributed by atoms with van der Waals surface area (Å²) < 4.78 is 23.6. The van der Waals surface area contributed by atoms with Crippen LogP contribution in [0.4, 0.5) is 8.78 Å². The van der Waals surface area contributed by atoms with Crippen LogP contribution < -0.4 is 0 Å². The molecule has 0 heterocycles. The minimum atomic E-state index is -3.51. The molecule has 0 aromatic carbocycles. The number of alkyl halides is 2. The number of halogens is 2. The summed E-state index contributed by atoms with van der Waals surface area (Å²) >= 11 is 0. The van der Waals surface area contributed by atoms with E-state index in [-0.39, 0.29) is 0 Å². The van der Waals surface area contributed by atoms with E-state index in [0.29, 0.717) is 6.92 Å². The predicted molar refractivity (Wildman–Crippen MR) is 26.3 cm³/mol. The lowest BCUT2D eigenvalue weighted by Gasteiger charge is -2.03. The highest BCUT2D eigenvalue weighted by atomic mass is 19.3. The maximum Gasteiger partial charge on any atom is 0.310 e. The van der Waals surface area contributed by atoms with Crippen LogP contribution in [0.5, 0.6) is 0 Å². The number of carbonyl (C=O) groups excluding carboxylic acids is 2. The average molecular weight is 136 g/mol. The van der Waals surface area contributed by atoms with Crippen LogP contribution in [0.3, 0.4) is 0 Å². The minimum absolute atomic E-state index is 0.400. The molecule has 0 aliphatic heterocycles. The smallest absolute Gasteiger partial charge is 0.291 e. The Kier molecular flexibility index (Phi) is 2.01. The molecule has 9 heavy (non-hydrogen) atoms. The molecule has 0 aromatic heterocycles. The molecule has 52 valence electrons. The Labute approximate surface area is 50.9 Å². The van der Waals surface area contributed by atoms with E-state index < -0.39 is 17.5 Å². The molecule has 0 unspecified atom stereocenters. The van der Waals surface area contributed by atoms with Crippen LogP contribution in [-0.2, 0) is 9.59 Å². The number of ketones is 2. The normalized spacial score (nSPS) is 11.1. The molecule has 0 radical (unpaired) electrons. The van der Waals surface area contributed by atoms with Gasteiger partial charge in [-0.25, -0.2) is 0 Å². The molecule has 0 amide bonds. The third-order valence-electron chi connectivity index (χ3n) is 0.718. The van der Waals surface area contributed by atoms with Gasteiger partial charge in [-0.2, -0.15) is 8.78 Å². The highest BCUT2D eigenvalue weighted by Gasteiger charge is 2.34. The highest BCUT2D eigenvalue weighted by molar-refractivity contribution is 6.38. The van der Waals surface area contributed by atoms with Gasteiger partial charge in [-0.1, -0.05) is 0 Å². The van der Waals surface area contributed by atoms with E-state index >= 15 is 0 Å². The zero-order valence-corrected chi connectivity index (χ0v) is 5.07. The quantitative estimate of drug-likeness (QED) is 0.526. The maximum atomic E-state index is 11.8. The lowest BCUT2D eigenvalue weighted by atomic mass is 10.2. The van der Waals surface area contributed by atoms with Crippen LogP contribution in [0.2, 0.25) is 0 Å². The van der Waals surface area contributed by atoms with Gasteiger partial charge in [-0.05, 0) is 0 Å². The van der Waals surface area contributed by atoms with E-state index in [0.717, 1.165) is 6.92 Å². The molecule has 0 spiro atoms. The standard InChI is InChI=1S/C5H6F2O2/c1-3(8)4(9)5(2,6)7/h1-2H3. The van der Waals surface area contributed by atoms with Gasteiger partial charge in [0.2, 0.25) is 5.78 Å². The summed E-state index contributed by atoms with van der Waals surface area (Å²) in [5, 5.41) is 0. The van der Waals surface area contributed by atoms with Gasteiger partial charge in [0.05, 0.1) is 0 Å². The summed E-state index contributed by atoms with van der Waals surface area (Å²) in [5.74, 6) is -6.25.